The van der Waals surface area contributed by atoms with Gasteiger partial charge >= 0.3 is 12.0 Å². The molecule has 0 aliphatic carbocycles. The van der Waals surface area contributed by atoms with Crippen molar-refractivity contribution in [1.82, 2.24) is 9.21 Å². The number of fused-ring (bicyclic) bond motifs is 1. The maximum Gasteiger partial charge on any atom is 0.325 e. The van der Waals surface area contributed by atoms with Crippen LogP contribution in [0.4, 0.5) is 10.5 Å². The average molecular weight is 544 g/mol. The molecule has 1 heterocycles. The number of rotatable bonds is 6. The normalized spacial score (nSPS) is 14.4. The summed E-state index contributed by atoms with van der Waals surface area (Å²) in [5, 5.41) is 9.70. The molecule has 0 spiro atoms. The van der Waals surface area contributed by atoms with Crippen LogP contribution >= 0.6 is 11.6 Å². The first kappa shape index (κ1) is 26.4. The number of hydrogen-bond acceptors (Lipinski definition) is 6. The number of nitrogens with two attached hydrogens (primary N) is 1. The lowest BCUT2D eigenvalue weighted by atomic mass is 10.1. The Bertz CT molecular complexity index is 1450. The SMILES string of the molecule is COC(=O)CN(C(=O)N1CCN(S(=O)(=O)c2ccc3cc(Cl)ccc3c2)CC1)c1ccc(C(=N)N)cc1. The van der Waals surface area contributed by atoms with Crippen molar-refractivity contribution in [3.8, 4) is 0 Å². The summed E-state index contributed by atoms with van der Waals surface area (Å²) in [4.78, 5) is 28.3. The van der Waals surface area contributed by atoms with E-state index in [0.717, 1.165) is 10.8 Å². The highest BCUT2D eigenvalue weighted by molar-refractivity contribution is 7.89. The predicted octanol–water partition coefficient (Wildman–Crippen LogP) is 2.88. The third kappa shape index (κ3) is 5.68. The highest BCUT2D eigenvalue weighted by Gasteiger charge is 2.33. The van der Waals surface area contributed by atoms with Gasteiger partial charge in [-0.1, -0.05) is 23.7 Å². The number of nitrogens with one attached hydrogen (secondary N) is 1. The number of anilines is 1. The van der Waals surface area contributed by atoms with Crippen molar-refractivity contribution in [1.29, 1.82) is 5.41 Å². The van der Waals surface area contributed by atoms with Crippen molar-refractivity contribution in [2.75, 3.05) is 44.7 Å². The smallest absolute Gasteiger partial charge is 0.325 e. The second kappa shape index (κ2) is 10.8. The monoisotopic (exact) mass is 543 g/mol. The molecule has 0 unspecified atom stereocenters. The van der Waals surface area contributed by atoms with Gasteiger partial charge in [0.2, 0.25) is 10.0 Å². The number of carbonyl (C=O) groups excluding carboxylic acids is 2. The van der Waals surface area contributed by atoms with E-state index in [1.54, 1.807) is 60.7 Å². The Kier molecular flexibility index (Phi) is 7.67. The van der Waals surface area contributed by atoms with Crippen LogP contribution in [0.3, 0.4) is 0 Å². The number of urea groups is 1. The average Bonchev–Trinajstić information content (AvgIpc) is 2.91. The van der Waals surface area contributed by atoms with Crippen molar-refractivity contribution < 1.29 is 22.7 Å². The number of nitrogens with zero attached hydrogens (tertiary/aromatic N) is 3. The molecule has 0 aromatic heterocycles. The fourth-order valence-corrected chi connectivity index (χ4v) is 5.72. The van der Waals surface area contributed by atoms with E-state index in [0.29, 0.717) is 16.3 Å². The molecule has 1 fully saturated rings. The number of carbonyl (C=O) groups is 2. The number of halogens is 1. The van der Waals surface area contributed by atoms with Crippen molar-refractivity contribution in [2.45, 2.75) is 4.90 Å². The molecule has 12 heteroatoms. The van der Waals surface area contributed by atoms with Gasteiger partial charge in [0.05, 0.1) is 12.0 Å². The molecule has 1 saturated heterocycles. The molecule has 194 valence electrons. The van der Waals surface area contributed by atoms with Gasteiger partial charge in [-0.05, 0) is 59.3 Å². The van der Waals surface area contributed by atoms with Crippen LogP contribution in [0.15, 0.2) is 65.6 Å². The molecule has 0 atom stereocenters. The van der Waals surface area contributed by atoms with Gasteiger partial charge in [-0.3, -0.25) is 15.1 Å². The highest BCUT2D eigenvalue weighted by atomic mass is 35.5. The van der Waals surface area contributed by atoms with Gasteiger partial charge in [0.25, 0.3) is 0 Å². The lowest BCUT2D eigenvalue weighted by molar-refractivity contribution is -0.138. The Morgan fingerprint density at radius 3 is 2.24 bits per heavy atom. The number of esters is 1. The van der Waals surface area contributed by atoms with Gasteiger partial charge in [-0.15, -0.1) is 0 Å². The van der Waals surface area contributed by atoms with Gasteiger partial charge in [-0.25, -0.2) is 13.2 Å². The fourth-order valence-electron chi connectivity index (χ4n) is 4.08. The predicted molar refractivity (Wildman–Crippen MR) is 142 cm³/mol. The quantitative estimate of drug-likeness (QED) is 0.278. The number of nitrogen functional groups attached to an aromatic ring is 1. The summed E-state index contributed by atoms with van der Waals surface area (Å²) < 4.78 is 32.7. The van der Waals surface area contributed by atoms with Crippen LogP contribution in [-0.4, -0.2) is 75.3 Å². The minimum Gasteiger partial charge on any atom is -0.468 e. The molecule has 1 aliphatic heterocycles. The van der Waals surface area contributed by atoms with E-state index in [2.05, 4.69) is 0 Å². The van der Waals surface area contributed by atoms with Crippen LogP contribution in [-0.2, 0) is 19.6 Å². The standard InChI is InChI=1S/C25H26ClN5O5S/c1-36-23(32)16-31(21-7-3-17(4-8-21)24(27)28)25(33)29-10-12-30(13-11-29)37(34,35)22-9-5-18-14-20(26)6-2-19(18)15-22/h2-9,14-15H,10-13,16H2,1H3,(H3,27,28). The van der Waals surface area contributed by atoms with Gasteiger partial charge in [0.15, 0.2) is 0 Å². The summed E-state index contributed by atoms with van der Waals surface area (Å²) >= 11 is 6.02. The topological polar surface area (TPSA) is 137 Å². The van der Waals surface area contributed by atoms with E-state index in [1.165, 1.54) is 21.2 Å². The maximum atomic E-state index is 13.4. The van der Waals surface area contributed by atoms with Crippen LogP contribution in [0.1, 0.15) is 5.56 Å². The number of sulfonamides is 1. The zero-order valence-corrected chi connectivity index (χ0v) is 21.6. The van der Waals surface area contributed by atoms with Crippen LogP contribution < -0.4 is 10.6 Å². The first-order valence-electron chi connectivity index (χ1n) is 11.4. The van der Waals surface area contributed by atoms with Gasteiger partial charge in [0.1, 0.15) is 12.4 Å². The summed E-state index contributed by atoms with van der Waals surface area (Å²) in [6.45, 7) is 0.160. The van der Waals surface area contributed by atoms with Crippen molar-refractivity contribution >= 4 is 55.9 Å². The molecule has 37 heavy (non-hydrogen) atoms. The minimum atomic E-state index is -3.78. The van der Waals surface area contributed by atoms with Gasteiger partial charge in [-0.2, -0.15) is 4.31 Å². The van der Waals surface area contributed by atoms with Crippen LogP contribution in [0.25, 0.3) is 10.8 Å². The van der Waals surface area contributed by atoms with E-state index >= 15 is 0 Å². The summed E-state index contributed by atoms with van der Waals surface area (Å²) in [5.74, 6) is -0.729. The molecule has 3 aromatic carbocycles. The van der Waals surface area contributed by atoms with Crippen LogP contribution in [0, 0.1) is 5.41 Å². The number of amidine groups is 1. The molecule has 0 bridgehead atoms. The van der Waals surface area contributed by atoms with Gasteiger partial charge < -0.3 is 15.4 Å². The number of benzene rings is 3. The molecule has 4 rings (SSSR count). The zero-order chi connectivity index (χ0) is 26.7. The Morgan fingerprint density at radius 1 is 1.00 bits per heavy atom. The van der Waals surface area contributed by atoms with E-state index in [9.17, 15) is 18.0 Å². The Hall–Kier alpha value is -3.67. The van der Waals surface area contributed by atoms with E-state index in [1.807, 2.05) is 0 Å². The molecule has 2 amide bonds. The largest absolute Gasteiger partial charge is 0.468 e. The van der Waals surface area contributed by atoms with Crippen molar-refractivity contribution in [3.63, 3.8) is 0 Å². The highest BCUT2D eigenvalue weighted by Crippen LogP contribution is 2.26. The number of methoxy groups -OCH3 is 1. The molecule has 0 saturated carbocycles. The third-order valence-electron chi connectivity index (χ3n) is 6.16. The number of ether oxygens (including phenoxy) is 1. The Labute approximate surface area is 219 Å². The lowest BCUT2D eigenvalue weighted by Gasteiger charge is -2.36. The summed E-state index contributed by atoms with van der Waals surface area (Å²) in [6.07, 6.45) is 0. The molecule has 0 radical (unpaired) electrons. The molecule has 3 aromatic rings. The molecule has 3 N–H and O–H groups in total. The molecular weight excluding hydrogens is 518 g/mol. The maximum absolute atomic E-state index is 13.4. The summed E-state index contributed by atoms with van der Waals surface area (Å²) in [7, 11) is -2.55. The van der Waals surface area contributed by atoms with E-state index < -0.39 is 22.0 Å². The molecular formula is C25H26ClN5O5S. The minimum absolute atomic E-state index is 0.0993. The first-order valence-corrected chi connectivity index (χ1v) is 13.2. The number of piperazine rings is 1. The van der Waals surface area contributed by atoms with E-state index in [4.69, 9.17) is 27.5 Å². The first-order chi connectivity index (χ1) is 17.6. The number of hydrogen-bond donors (Lipinski definition) is 2. The fraction of sp³-hybridized carbons (Fsp3) is 0.240. The molecule has 10 nitrogen and oxygen atoms in total. The lowest BCUT2D eigenvalue weighted by Crippen LogP contribution is -2.54. The van der Waals surface area contributed by atoms with E-state index in [-0.39, 0.29) is 43.5 Å². The summed E-state index contributed by atoms with van der Waals surface area (Å²) in [6, 6.07) is 16.0. The molecule has 1 aliphatic rings. The Morgan fingerprint density at radius 2 is 1.62 bits per heavy atom. The van der Waals surface area contributed by atoms with Crippen LogP contribution in [0.5, 0.6) is 0 Å². The second-order valence-corrected chi connectivity index (χ2v) is 10.8. The third-order valence-corrected chi connectivity index (χ3v) is 8.29. The Balaban J connectivity index is 1.49. The summed E-state index contributed by atoms with van der Waals surface area (Å²) in [5.41, 5.74) is 6.40. The number of amides is 2. The van der Waals surface area contributed by atoms with Crippen molar-refractivity contribution in [3.05, 3.63) is 71.2 Å². The van der Waals surface area contributed by atoms with Gasteiger partial charge in [0, 0.05) is 42.5 Å². The second-order valence-electron chi connectivity index (χ2n) is 8.45. The van der Waals surface area contributed by atoms with Crippen LogP contribution in [0.2, 0.25) is 5.02 Å². The zero-order valence-electron chi connectivity index (χ0n) is 20.1. The van der Waals surface area contributed by atoms with Crippen molar-refractivity contribution in [2.24, 2.45) is 5.73 Å².